The molecule has 0 saturated carbocycles. The molecule has 0 fully saturated rings. The second-order valence-electron chi connectivity index (χ2n) is 6.27. The van der Waals surface area contributed by atoms with Crippen LogP contribution in [0.25, 0.3) is 22.9 Å². The number of hydrazine groups is 1. The lowest BCUT2D eigenvalue weighted by Crippen LogP contribution is -2.44. The Balaban J connectivity index is 1.66. The van der Waals surface area contributed by atoms with Crippen LogP contribution < -0.4 is 26.9 Å². The molecule has 0 radical (unpaired) electrons. The Hall–Kier alpha value is -3.90. The lowest BCUT2D eigenvalue weighted by Gasteiger charge is -2.09. The van der Waals surface area contributed by atoms with Crippen LogP contribution in [0.15, 0.2) is 51.9 Å². The molecule has 0 saturated heterocycles. The number of fused-ring (bicyclic) bond motifs is 3. The van der Waals surface area contributed by atoms with Crippen LogP contribution in [0.3, 0.4) is 0 Å². The quantitative estimate of drug-likeness (QED) is 0.345. The highest BCUT2D eigenvalue weighted by Gasteiger charge is 2.15. The molecular formula is C20H16N6O2S. The van der Waals surface area contributed by atoms with E-state index in [9.17, 15) is 10.1 Å². The molecule has 3 heterocycles. The van der Waals surface area contributed by atoms with Crippen molar-refractivity contribution in [1.82, 2.24) is 25.6 Å². The van der Waals surface area contributed by atoms with E-state index in [1.807, 2.05) is 24.3 Å². The van der Waals surface area contributed by atoms with Crippen LogP contribution in [0, 0.1) is 18.3 Å². The van der Waals surface area contributed by atoms with Crippen molar-refractivity contribution in [2.45, 2.75) is 13.5 Å². The topological polar surface area (TPSA) is 107 Å². The summed E-state index contributed by atoms with van der Waals surface area (Å²) in [5.74, 6) is 0.743. The third-order valence-electron chi connectivity index (χ3n) is 4.51. The zero-order chi connectivity index (χ0) is 20.4. The van der Waals surface area contributed by atoms with E-state index in [2.05, 4.69) is 27.2 Å². The monoisotopic (exact) mass is 404 g/mol. The summed E-state index contributed by atoms with van der Waals surface area (Å²) in [7, 11) is 0. The molecule has 0 aliphatic heterocycles. The van der Waals surface area contributed by atoms with E-state index in [1.54, 1.807) is 25.3 Å². The van der Waals surface area contributed by atoms with Crippen LogP contribution in [-0.4, -0.2) is 14.5 Å². The fraction of sp³-hybridized carbons (Fsp3) is 0.100. The highest BCUT2D eigenvalue weighted by atomic mass is 32.1. The zero-order valence-corrected chi connectivity index (χ0v) is 16.2. The van der Waals surface area contributed by atoms with Gasteiger partial charge in [-0.3, -0.25) is 14.6 Å². The molecule has 4 rings (SSSR count). The van der Waals surface area contributed by atoms with Crippen LogP contribution in [0.2, 0.25) is 0 Å². The number of benzene rings is 1. The Morgan fingerprint density at radius 2 is 2.17 bits per heavy atom. The summed E-state index contributed by atoms with van der Waals surface area (Å²) in [6.07, 6.45) is 3.08. The summed E-state index contributed by atoms with van der Waals surface area (Å²) in [6, 6.07) is 13.1. The molecule has 0 unspecified atom stereocenters. The van der Waals surface area contributed by atoms with Crippen molar-refractivity contribution in [3.8, 4) is 6.07 Å². The third kappa shape index (κ3) is 3.37. The number of furan rings is 1. The number of hydrogen-bond donors (Lipinski definition) is 3. The molecule has 0 aliphatic rings. The normalized spacial score (nSPS) is 11.5. The summed E-state index contributed by atoms with van der Waals surface area (Å²) >= 11 is 5.19. The Morgan fingerprint density at radius 1 is 1.34 bits per heavy atom. The first-order valence-electron chi connectivity index (χ1n) is 8.76. The lowest BCUT2D eigenvalue weighted by molar-refractivity contribution is 0.502. The minimum Gasteiger partial charge on any atom is -0.467 e. The minimum absolute atomic E-state index is 0.269. The van der Waals surface area contributed by atoms with Gasteiger partial charge < -0.3 is 15.2 Å². The maximum Gasteiger partial charge on any atom is 0.265 e. The van der Waals surface area contributed by atoms with Gasteiger partial charge in [-0.05, 0) is 49.0 Å². The predicted octanol–water partition coefficient (Wildman–Crippen LogP) is 1.25. The first-order chi connectivity index (χ1) is 14.1. The van der Waals surface area contributed by atoms with Gasteiger partial charge in [-0.2, -0.15) is 5.26 Å². The number of thiocarbonyl (C=S) groups is 1. The summed E-state index contributed by atoms with van der Waals surface area (Å²) in [5.41, 5.74) is 7.91. The largest absolute Gasteiger partial charge is 0.467 e. The lowest BCUT2D eigenvalue weighted by atomic mass is 10.1. The minimum atomic E-state index is -0.269. The molecule has 4 aromatic rings. The highest BCUT2D eigenvalue weighted by Crippen LogP contribution is 2.17. The van der Waals surface area contributed by atoms with Crippen LogP contribution >= 0.6 is 12.2 Å². The van der Waals surface area contributed by atoms with Crippen molar-refractivity contribution in [3.05, 3.63) is 75.1 Å². The van der Waals surface area contributed by atoms with E-state index in [0.717, 1.165) is 5.76 Å². The van der Waals surface area contributed by atoms with Crippen molar-refractivity contribution in [2.24, 2.45) is 0 Å². The van der Waals surface area contributed by atoms with Crippen LogP contribution in [0.5, 0.6) is 0 Å². The van der Waals surface area contributed by atoms with E-state index in [0.29, 0.717) is 44.7 Å². The number of nitriles is 1. The van der Waals surface area contributed by atoms with E-state index >= 15 is 0 Å². The summed E-state index contributed by atoms with van der Waals surface area (Å²) < 4.78 is 6.68. The highest BCUT2D eigenvalue weighted by molar-refractivity contribution is 7.80. The smallest absolute Gasteiger partial charge is 0.265 e. The number of imidazole rings is 1. The zero-order valence-electron chi connectivity index (χ0n) is 15.4. The average Bonchev–Trinajstić information content (AvgIpc) is 3.37. The number of nitrogens with zero attached hydrogens (tertiary/aromatic N) is 3. The number of aromatic nitrogens is 2. The fourth-order valence-electron chi connectivity index (χ4n) is 3.08. The van der Waals surface area contributed by atoms with Crippen molar-refractivity contribution < 1.29 is 4.42 Å². The van der Waals surface area contributed by atoms with Gasteiger partial charge >= 0.3 is 0 Å². The molecule has 0 aliphatic carbocycles. The van der Waals surface area contributed by atoms with Gasteiger partial charge in [-0.1, -0.05) is 12.1 Å². The Bertz CT molecular complexity index is 1370. The van der Waals surface area contributed by atoms with Gasteiger partial charge in [-0.15, -0.1) is 0 Å². The number of pyridine rings is 1. The third-order valence-corrected chi connectivity index (χ3v) is 4.76. The van der Waals surface area contributed by atoms with Crippen LogP contribution in [-0.2, 0) is 6.54 Å². The molecule has 9 heteroatoms. The van der Waals surface area contributed by atoms with Crippen LogP contribution in [0.1, 0.15) is 16.9 Å². The predicted molar refractivity (Wildman–Crippen MR) is 113 cm³/mol. The molecule has 1 aromatic carbocycles. The number of para-hydroxylation sites is 2. The van der Waals surface area contributed by atoms with Gasteiger partial charge in [0.15, 0.2) is 10.8 Å². The van der Waals surface area contributed by atoms with Gasteiger partial charge in [0, 0.05) is 6.20 Å². The van der Waals surface area contributed by atoms with Gasteiger partial charge in [0.1, 0.15) is 11.8 Å². The van der Waals surface area contributed by atoms with Crippen molar-refractivity contribution >= 4 is 40.2 Å². The van der Waals surface area contributed by atoms with E-state index in [4.69, 9.17) is 16.6 Å². The molecule has 144 valence electrons. The summed E-state index contributed by atoms with van der Waals surface area (Å²) in [4.78, 5) is 17.6. The van der Waals surface area contributed by atoms with Crippen LogP contribution in [0.4, 0.5) is 0 Å². The van der Waals surface area contributed by atoms with Gasteiger partial charge in [0.25, 0.3) is 5.56 Å². The van der Waals surface area contributed by atoms with Gasteiger partial charge in [0.2, 0.25) is 0 Å². The second kappa shape index (κ2) is 7.61. The standard InChI is InChI=1S/C20H16N6O2S/c1-12-14(9-21)18-24-16-6-2-3-7-17(16)26(18)19(27)15(12)11-23-25-20(29)22-10-13-5-4-8-28-13/h2-8,11,23H,10H2,1H3,(H2,22,25,29). The summed E-state index contributed by atoms with van der Waals surface area (Å²) in [5, 5.41) is 13.3. The molecular weight excluding hydrogens is 388 g/mol. The van der Waals surface area contributed by atoms with Crippen molar-refractivity contribution in [2.75, 3.05) is 0 Å². The maximum absolute atomic E-state index is 13.1. The molecule has 29 heavy (non-hydrogen) atoms. The van der Waals surface area contributed by atoms with Crippen molar-refractivity contribution in [3.63, 3.8) is 0 Å². The van der Waals surface area contributed by atoms with Crippen molar-refractivity contribution in [1.29, 1.82) is 5.26 Å². The molecule has 8 nitrogen and oxygen atoms in total. The molecule has 3 aromatic heterocycles. The SMILES string of the molecule is Cc1c(C#N)c2nc3ccccc3n2c(=O)c1=CNNC(=S)NCc1ccco1. The maximum atomic E-state index is 13.1. The molecule has 0 bridgehead atoms. The Morgan fingerprint density at radius 3 is 2.93 bits per heavy atom. The first kappa shape index (κ1) is 18.5. The molecule has 0 spiro atoms. The Kier molecular flexibility index (Phi) is 4.85. The number of nitrogens with one attached hydrogen (secondary N) is 3. The van der Waals surface area contributed by atoms with E-state index in [-0.39, 0.29) is 5.56 Å². The average molecular weight is 404 g/mol. The number of rotatable bonds is 4. The van der Waals surface area contributed by atoms with Gasteiger partial charge in [0.05, 0.1) is 34.6 Å². The molecule has 3 N–H and O–H groups in total. The first-order valence-corrected chi connectivity index (χ1v) is 9.17. The fourth-order valence-corrected chi connectivity index (χ4v) is 3.22. The number of hydrogen-bond acceptors (Lipinski definition) is 6. The summed E-state index contributed by atoms with van der Waals surface area (Å²) in [6.45, 7) is 2.15. The van der Waals surface area contributed by atoms with Gasteiger partial charge in [-0.25, -0.2) is 4.98 Å². The molecule has 0 atom stereocenters. The van der Waals surface area contributed by atoms with E-state index < -0.39 is 0 Å². The Labute approximate surface area is 170 Å². The van der Waals surface area contributed by atoms with E-state index in [1.165, 1.54) is 10.6 Å². The molecule has 0 amide bonds. The second-order valence-corrected chi connectivity index (χ2v) is 6.67.